The van der Waals surface area contributed by atoms with Gasteiger partial charge in [-0.1, -0.05) is 0 Å². The molecular weight excluding hydrogens is 144 g/mol. The van der Waals surface area contributed by atoms with Gasteiger partial charge in [-0.05, 0) is 26.9 Å². The van der Waals surface area contributed by atoms with Crippen LogP contribution in [0.1, 0.15) is 13.8 Å². The lowest BCUT2D eigenvalue weighted by atomic mass is 10.4. The van der Waals surface area contributed by atoms with E-state index < -0.39 is 9.04 Å². The van der Waals surface area contributed by atoms with Crippen LogP contribution in [-0.2, 0) is 9.16 Å². The van der Waals surface area contributed by atoms with Crippen LogP contribution < -0.4 is 0 Å². The molecule has 0 saturated heterocycles. The maximum absolute atomic E-state index is 5.42. The fourth-order valence-corrected chi connectivity index (χ4v) is 1.19. The summed E-state index contributed by atoms with van der Waals surface area (Å²) in [5.41, 5.74) is 1.09. The molecule has 3 heteroatoms. The molecule has 0 aromatic heterocycles. The first-order valence-electron chi connectivity index (χ1n) is 3.27. The Morgan fingerprint density at radius 2 is 1.70 bits per heavy atom. The van der Waals surface area contributed by atoms with E-state index in [-0.39, 0.29) is 0 Å². The highest BCUT2D eigenvalue weighted by Crippen LogP contribution is 2.06. The summed E-state index contributed by atoms with van der Waals surface area (Å²) in [4.78, 5) is 0. The second kappa shape index (κ2) is 4.38. The second-order valence-electron chi connectivity index (χ2n) is 2.50. The van der Waals surface area contributed by atoms with Crippen LogP contribution in [0.25, 0.3) is 0 Å². The van der Waals surface area contributed by atoms with E-state index in [1.807, 2.05) is 13.8 Å². The second-order valence-corrected chi connectivity index (χ2v) is 4.52. The van der Waals surface area contributed by atoms with E-state index in [4.69, 9.17) is 9.16 Å². The molecule has 0 spiro atoms. The van der Waals surface area contributed by atoms with E-state index in [2.05, 4.69) is 13.1 Å². The molecule has 0 amide bonds. The highest BCUT2D eigenvalue weighted by molar-refractivity contribution is 6.48. The molecule has 2 nitrogen and oxygen atoms in total. The molecule has 0 heterocycles. The van der Waals surface area contributed by atoms with Gasteiger partial charge >= 0.3 is 0 Å². The fraction of sp³-hybridized carbons (Fsp3) is 0.714. The van der Waals surface area contributed by atoms with Crippen LogP contribution >= 0.6 is 0 Å². The van der Waals surface area contributed by atoms with E-state index in [9.17, 15) is 0 Å². The van der Waals surface area contributed by atoms with Crippen LogP contribution in [0, 0.1) is 0 Å². The number of rotatable bonds is 3. The highest BCUT2D eigenvalue weighted by atomic mass is 28.3. The molecule has 0 aromatic rings. The van der Waals surface area contributed by atoms with Gasteiger partial charge in [0.25, 0.3) is 15.0 Å². The molecule has 0 bridgehead atoms. The summed E-state index contributed by atoms with van der Waals surface area (Å²) in [6, 6.07) is 0. The maximum Gasteiger partial charge on any atom is 0.278 e. The van der Waals surface area contributed by atoms with Gasteiger partial charge in [-0.15, -0.1) is 0 Å². The molecular formula is C7H15O2Si. The Bertz CT molecular complexity index is 126. The van der Waals surface area contributed by atoms with Gasteiger partial charge in [-0.2, -0.15) is 0 Å². The minimum Gasteiger partial charge on any atom is -0.518 e. The summed E-state index contributed by atoms with van der Waals surface area (Å²) < 4.78 is 10.4. The first kappa shape index (κ1) is 9.56. The molecule has 0 aliphatic heterocycles. The first-order valence-corrected chi connectivity index (χ1v) is 5.68. The summed E-state index contributed by atoms with van der Waals surface area (Å²) in [7, 11) is 0.959. The highest BCUT2D eigenvalue weighted by Gasteiger charge is 2.03. The molecule has 0 saturated carbocycles. The van der Waals surface area contributed by atoms with Crippen LogP contribution in [0.4, 0.5) is 0 Å². The van der Waals surface area contributed by atoms with Crippen molar-refractivity contribution >= 4 is 9.04 Å². The van der Waals surface area contributed by atoms with Gasteiger partial charge < -0.3 is 9.16 Å². The normalized spacial score (nSPS) is 9.40. The number of hydrogen-bond donors (Lipinski definition) is 0. The first-order chi connectivity index (χ1) is 4.57. The molecule has 1 radical (unpaired) electrons. The predicted molar refractivity (Wildman–Crippen MR) is 44.0 cm³/mol. The van der Waals surface area contributed by atoms with Gasteiger partial charge in [-0.25, -0.2) is 0 Å². The van der Waals surface area contributed by atoms with Crippen molar-refractivity contribution in [2.75, 3.05) is 7.11 Å². The molecule has 0 aliphatic rings. The molecule has 0 aliphatic carbocycles. The van der Waals surface area contributed by atoms with Crippen LogP contribution in [0.5, 0.6) is 0 Å². The van der Waals surface area contributed by atoms with Gasteiger partial charge in [0.15, 0.2) is 0 Å². The minimum absolute atomic E-state index is 0.673. The van der Waals surface area contributed by atoms with Crippen molar-refractivity contribution in [2.24, 2.45) is 0 Å². The van der Waals surface area contributed by atoms with E-state index in [1.54, 1.807) is 7.11 Å². The lowest BCUT2D eigenvalue weighted by Crippen LogP contribution is -2.09. The largest absolute Gasteiger partial charge is 0.518 e. The smallest absolute Gasteiger partial charge is 0.278 e. The van der Waals surface area contributed by atoms with Gasteiger partial charge in [0.05, 0.1) is 7.11 Å². The zero-order valence-electron chi connectivity index (χ0n) is 7.32. The summed E-state index contributed by atoms with van der Waals surface area (Å²) in [6.45, 7) is 8.10. The minimum atomic E-state index is -0.673. The lowest BCUT2D eigenvalue weighted by molar-refractivity contribution is 0.147. The third kappa shape index (κ3) is 3.56. The van der Waals surface area contributed by atoms with Gasteiger partial charge in [-0.3, -0.25) is 0 Å². The Hall–Kier alpha value is -0.443. The SMILES string of the molecule is COC(O[Si](C)C)=C(C)C. The monoisotopic (exact) mass is 159 g/mol. The average molecular weight is 159 g/mol. The fourth-order valence-electron chi connectivity index (χ4n) is 0.533. The van der Waals surface area contributed by atoms with Crippen molar-refractivity contribution in [1.29, 1.82) is 0 Å². The summed E-state index contributed by atoms with van der Waals surface area (Å²) >= 11 is 0. The third-order valence-corrected chi connectivity index (χ3v) is 1.48. The molecule has 0 aromatic carbocycles. The zero-order valence-corrected chi connectivity index (χ0v) is 8.32. The molecule has 0 N–H and O–H groups in total. The van der Waals surface area contributed by atoms with Crippen molar-refractivity contribution in [3.63, 3.8) is 0 Å². The number of methoxy groups -OCH3 is 1. The Morgan fingerprint density at radius 3 is 1.80 bits per heavy atom. The van der Waals surface area contributed by atoms with Crippen molar-refractivity contribution < 1.29 is 9.16 Å². The Kier molecular flexibility index (Phi) is 4.19. The number of allylic oxidation sites excluding steroid dienone is 1. The third-order valence-electron chi connectivity index (χ3n) is 0.890. The summed E-state index contributed by atoms with van der Waals surface area (Å²) in [6.07, 6.45) is 0. The number of hydrogen-bond acceptors (Lipinski definition) is 2. The molecule has 59 valence electrons. The van der Waals surface area contributed by atoms with Gasteiger partial charge in [0.2, 0.25) is 0 Å². The van der Waals surface area contributed by atoms with E-state index >= 15 is 0 Å². The average Bonchev–Trinajstić information content (AvgIpc) is 1.81. The van der Waals surface area contributed by atoms with Crippen molar-refractivity contribution in [3.8, 4) is 0 Å². The molecule has 0 atom stereocenters. The van der Waals surface area contributed by atoms with Crippen LogP contribution in [0.3, 0.4) is 0 Å². The topological polar surface area (TPSA) is 18.5 Å². The van der Waals surface area contributed by atoms with E-state index in [0.717, 1.165) is 5.57 Å². The van der Waals surface area contributed by atoms with Crippen molar-refractivity contribution in [3.05, 3.63) is 11.5 Å². The van der Waals surface area contributed by atoms with Gasteiger partial charge in [0, 0.05) is 5.57 Å². The molecule has 0 fully saturated rings. The van der Waals surface area contributed by atoms with Crippen molar-refractivity contribution in [1.82, 2.24) is 0 Å². The lowest BCUT2D eigenvalue weighted by Gasteiger charge is -2.12. The summed E-state index contributed by atoms with van der Waals surface area (Å²) in [5.74, 6) is 0.680. The van der Waals surface area contributed by atoms with Crippen LogP contribution in [-0.4, -0.2) is 16.2 Å². The van der Waals surface area contributed by atoms with E-state index in [1.165, 1.54) is 0 Å². The Morgan fingerprint density at radius 1 is 1.20 bits per heavy atom. The Labute approximate surface area is 64.6 Å². The molecule has 10 heavy (non-hydrogen) atoms. The maximum atomic E-state index is 5.42. The van der Waals surface area contributed by atoms with Crippen molar-refractivity contribution in [2.45, 2.75) is 26.9 Å². The van der Waals surface area contributed by atoms with Crippen LogP contribution in [0.15, 0.2) is 11.5 Å². The van der Waals surface area contributed by atoms with Crippen LogP contribution in [0.2, 0.25) is 13.1 Å². The molecule has 0 unspecified atom stereocenters. The number of ether oxygens (including phenoxy) is 1. The van der Waals surface area contributed by atoms with E-state index in [0.29, 0.717) is 5.95 Å². The summed E-state index contributed by atoms with van der Waals surface area (Å²) in [5, 5.41) is 0. The van der Waals surface area contributed by atoms with Gasteiger partial charge in [0.1, 0.15) is 0 Å². The Balaban J connectivity index is 3.97. The standard InChI is InChI=1S/C7H15O2Si/c1-6(2)7(8-3)9-10(4)5/h1-5H3. The quantitative estimate of drug-likeness (QED) is 0.464. The zero-order chi connectivity index (χ0) is 8.15. The molecule has 0 rings (SSSR count). The predicted octanol–water partition coefficient (Wildman–Crippen LogP) is 2.15.